The summed E-state index contributed by atoms with van der Waals surface area (Å²) < 4.78 is 0. The zero-order valence-electron chi connectivity index (χ0n) is 10.0. The molecule has 16 heavy (non-hydrogen) atoms. The second kappa shape index (κ2) is 6.18. The summed E-state index contributed by atoms with van der Waals surface area (Å²) in [5, 5.41) is 21.6. The molecule has 2 unspecified atom stereocenters. The van der Waals surface area contributed by atoms with Crippen molar-refractivity contribution in [2.75, 3.05) is 19.6 Å². The van der Waals surface area contributed by atoms with Crippen molar-refractivity contribution < 1.29 is 15.0 Å². The molecule has 3 N–H and O–H groups in total. The fourth-order valence-corrected chi connectivity index (χ4v) is 1.95. The van der Waals surface area contributed by atoms with E-state index >= 15 is 0 Å². The van der Waals surface area contributed by atoms with Crippen LogP contribution in [0.4, 0.5) is 0 Å². The first-order chi connectivity index (χ1) is 7.56. The molecule has 1 fully saturated rings. The van der Waals surface area contributed by atoms with Crippen molar-refractivity contribution in [1.82, 2.24) is 10.2 Å². The standard InChI is InChI=1S/C11H22N2O3/c1-3-8(4-2)12-11(16)7-13-5-9(14)10(15)6-13/h8-10,14-15H,3-7H2,1-2H3,(H,12,16). The normalized spacial score (nSPS) is 26.3. The van der Waals surface area contributed by atoms with Crippen molar-refractivity contribution in [3.63, 3.8) is 0 Å². The number of nitrogens with one attached hydrogen (secondary N) is 1. The summed E-state index contributed by atoms with van der Waals surface area (Å²) in [6, 6.07) is 0.227. The van der Waals surface area contributed by atoms with Crippen LogP contribution in [0.25, 0.3) is 0 Å². The Balaban J connectivity index is 2.29. The Kier molecular flexibility index (Phi) is 5.18. The van der Waals surface area contributed by atoms with E-state index in [-0.39, 0.29) is 18.5 Å². The molecule has 1 saturated heterocycles. The van der Waals surface area contributed by atoms with Crippen molar-refractivity contribution in [3.05, 3.63) is 0 Å². The third-order valence-corrected chi connectivity index (χ3v) is 3.05. The summed E-state index contributed by atoms with van der Waals surface area (Å²) in [6.07, 6.45) is 0.406. The van der Waals surface area contributed by atoms with Crippen molar-refractivity contribution in [1.29, 1.82) is 0 Å². The van der Waals surface area contributed by atoms with Gasteiger partial charge in [-0.15, -0.1) is 0 Å². The molecule has 1 amide bonds. The lowest BCUT2D eigenvalue weighted by molar-refractivity contribution is -0.122. The largest absolute Gasteiger partial charge is 0.389 e. The molecule has 2 atom stereocenters. The van der Waals surface area contributed by atoms with Gasteiger partial charge in [-0.05, 0) is 12.8 Å². The Labute approximate surface area is 96.4 Å². The van der Waals surface area contributed by atoms with E-state index in [1.165, 1.54) is 0 Å². The number of rotatable bonds is 5. The molecular weight excluding hydrogens is 208 g/mol. The van der Waals surface area contributed by atoms with Crippen LogP contribution in [-0.4, -0.2) is 58.9 Å². The second-order valence-electron chi connectivity index (χ2n) is 4.41. The Morgan fingerprint density at radius 2 is 1.81 bits per heavy atom. The average molecular weight is 230 g/mol. The molecule has 1 aliphatic heterocycles. The molecule has 5 nitrogen and oxygen atoms in total. The molecule has 0 bridgehead atoms. The highest BCUT2D eigenvalue weighted by molar-refractivity contribution is 5.78. The summed E-state index contributed by atoms with van der Waals surface area (Å²) in [6.45, 7) is 5.08. The van der Waals surface area contributed by atoms with Crippen LogP contribution >= 0.6 is 0 Å². The van der Waals surface area contributed by atoms with Gasteiger partial charge in [0.05, 0.1) is 18.8 Å². The number of likely N-dealkylation sites (tertiary alicyclic amines) is 1. The Bertz CT molecular complexity index is 221. The predicted octanol–water partition coefficient (Wildman–Crippen LogP) is -0.671. The molecule has 0 aromatic carbocycles. The van der Waals surface area contributed by atoms with Gasteiger partial charge in [-0.25, -0.2) is 0 Å². The first-order valence-corrected chi connectivity index (χ1v) is 5.94. The molecule has 1 aliphatic rings. The van der Waals surface area contributed by atoms with E-state index in [1.807, 2.05) is 13.8 Å². The molecule has 1 heterocycles. The minimum Gasteiger partial charge on any atom is -0.389 e. The van der Waals surface area contributed by atoms with Crippen LogP contribution in [0, 0.1) is 0 Å². The monoisotopic (exact) mass is 230 g/mol. The molecule has 0 aromatic rings. The highest BCUT2D eigenvalue weighted by Gasteiger charge is 2.30. The molecule has 0 aliphatic carbocycles. The minimum absolute atomic E-state index is 0.0324. The smallest absolute Gasteiger partial charge is 0.234 e. The van der Waals surface area contributed by atoms with E-state index in [1.54, 1.807) is 4.90 Å². The molecule has 0 aromatic heterocycles. The van der Waals surface area contributed by atoms with Crippen LogP contribution in [0.15, 0.2) is 0 Å². The number of hydrogen-bond acceptors (Lipinski definition) is 4. The first kappa shape index (κ1) is 13.4. The van der Waals surface area contributed by atoms with Crippen molar-refractivity contribution in [3.8, 4) is 0 Å². The van der Waals surface area contributed by atoms with Crippen LogP contribution in [0.3, 0.4) is 0 Å². The predicted molar refractivity (Wildman–Crippen MR) is 61.0 cm³/mol. The fourth-order valence-electron chi connectivity index (χ4n) is 1.95. The lowest BCUT2D eigenvalue weighted by atomic mass is 10.2. The van der Waals surface area contributed by atoms with Crippen LogP contribution in [0.5, 0.6) is 0 Å². The number of β-amino-alcohol motifs (C(OH)–C–C–N with tert-alkyl or cyclic N) is 2. The third-order valence-electron chi connectivity index (χ3n) is 3.05. The van der Waals surface area contributed by atoms with E-state index < -0.39 is 12.2 Å². The van der Waals surface area contributed by atoms with Gasteiger partial charge in [0, 0.05) is 19.1 Å². The van der Waals surface area contributed by atoms with Gasteiger partial charge in [-0.1, -0.05) is 13.8 Å². The summed E-state index contributed by atoms with van der Waals surface area (Å²) >= 11 is 0. The van der Waals surface area contributed by atoms with Gasteiger partial charge in [0.1, 0.15) is 0 Å². The van der Waals surface area contributed by atoms with Crippen LogP contribution in [0.1, 0.15) is 26.7 Å². The van der Waals surface area contributed by atoms with E-state index in [2.05, 4.69) is 5.32 Å². The molecule has 0 saturated carbocycles. The lowest BCUT2D eigenvalue weighted by Gasteiger charge is -2.18. The minimum atomic E-state index is -0.721. The highest BCUT2D eigenvalue weighted by Crippen LogP contribution is 2.09. The van der Waals surface area contributed by atoms with Crippen LogP contribution < -0.4 is 5.32 Å². The fraction of sp³-hybridized carbons (Fsp3) is 0.909. The van der Waals surface area contributed by atoms with Gasteiger partial charge in [0.25, 0.3) is 0 Å². The Morgan fingerprint density at radius 3 is 2.25 bits per heavy atom. The number of aliphatic hydroxyl groups excluding tert-OH is 2. The highest BCUT2D eigenvalue weighted by atomic mass is 16.3. The number of nitrogens with zero attached hydrogens (tertiary/aromatic N) is 1. The molecule has 0 spiro atoms. The maximum absolute atomic E-state index is 11.6. The van der Waals surface area contributed by atoms with E-state index in [0.717, 1.165) is 12.8 Å². The maximum atomic E-state index is 11.6. The third kappa shape index (κ3) is 3.73. The molecule has 5 heteroatoms. The van der Waals surface area contributed by atoms with Crippen LogP contribution in [0.2, 0.25) is 0 Å². The number of carbonyl (C=O) groups is 1. The average Bonchev–Trinajstić information content (AvgIpc) is 2.54. The molecule has 1 rings (SSSR count). The first-order valence-electron chi connectivity index (χ1n) is 5.94. The van der Waals surface area contributed by atoms with Gasteiger partial charge >= 0.3 is 0 Å². The zero-order valence-corrected chi connectivity index (χ0v) is 10.0. The molecule has 94 valence electrons. The van der Waals surface area contributed by atoms with Gasteiger partial charge in [-0.2, -0.15) is 0 Å². The summed E-state index contributed by atoms with van der Waals surface area (Å²) in [4.78, 5) is 13.4. The number of carbonyl (C=O) groups excluding carboxylic acids is 1. The van der Waals surface area contributed by atoms with E-state index in [0.29, 0.717) is 13.1 Å². The number of hydrogen-bond donors (Lipinski definition) is 3. The van der Waals surface area contributed by atoms with Crippen molar-refractivity contribution >= 4 is 5.91 Å². The molecular formula is C11H22N2O3. The zero-order chi connectivity index (χ0) is 12.1. The van der Waals surface area contributed by atoms with Crippen LogP contribution in [-0.2, 0) is 4.79 Å². The topological polar surface area (TPSA) is 72.8 Å². The quantitative estimate of drug-likeness (QED) is 0.585. The number of amides is 1. The second-order valence-corrected chi connectivity index (χ2v) is 4.41. The molecule has 0 radical (unpaired) electrons. The maximum Gasteiger partial charge on any atom is 0.234 e. The van der Waals surface area contributed by atoms with Gasteiger partial charge in [0.15, 0.2) is 0 Å². The Hall–Kier alpha value is -0.650. The van der Waals surface area contributed by atoms with Gasteiger partial charge in [-0.3, -0.25) is 9.69 Å². The van der Waals surface area contributed by atoms with Gasteiger partial charge in [0.2, 0.25) is 5.91 Å². The van der Waals surface area contributed by atoms with Crippen molar-refractivity contribution in [2.45, 2.75) is 44.9 Å². The van der Waals surface area contributed by atoms with E-state index in [4.69, 9.17) is 0 Å². The lowest BCUT2D eigenvalue weighted by Crippen LogP contribution is -2.41. The van der Waals surface area contributed by atoms with Gasteiger partial charge < -0.3 is 15.5 Å². The van der Waals surface area contributed by atoms with E-state index in [9.17, 15) is 15.0 Å². The summed E-state index contributed by atoms with van der Waals surface area (Å²) in [5.74, 6) is -0.0324. The number of aliphatic hydroxyl groups is 2. The Morgan fingerprint density at radius 1 is 1.31 bits per heavy atom. The SMILES string of the molecule is CCC(CC)NC(=O)CN1CC(O)C(O)C1. The van der Waals surface area contributed by atoms with Crippen molar-refractivity contribution in [2.24, 2.45) is 0 Å². The summed E-state index contributed by atoms with van der Waals surface area (Å²) in [5.41, 5.74) is 0. The summed E-state index contributed by atoms with van der Waals surface area (Å²) in [7, 11) is 0.